The number of amides is 1. The van der Waals surface area contributed by atoms with Crippen molar-refractivity contribution in [3.05, 3.63) is 145 Å². The maximum atomic E-state index is 12.5. The van der Waals surface area contributed by atoms with Crippen molar-refractivity contribution >= 4 is 34.4 Å². The first-order valence-electron chi connectivity index (χ1n) is 13.3. The van der Waals surface area contributed by atoms with E-state index >= 15 is 0 Å². The van der Waals surface area contributed by atoms with Gasteiger partial charge in [-0.15, -0.1) is 0 Å². The van der Waals surface area contributed by atoms with Crippen LogP contribution in [0.15, 0.2) is 133 Å². The van der Waals surface area contributed by atoms with Gasteiger partial charge in [0.2, 0.25) is 5.91 Å². The molecule has 6 rings (SSSR count). The lowest BCUT2D eigenvalue weighted by molar-refractivity contribution is -0.111. The molecule has 200 valence electrons. The lowest BCUT2D eigenvalue weighted by atomic mass is 10.1. The molecule has 0 radical (unpaired) electrons. The highest BCUT2D eigenvalue weighted by Crippen LogP contribution is 2.30. The Morgan fingerprint density at radius 2 is 1.59 bits per heavy atom. The molecule has 0 unspecified atom stereocenters. The molecule has 0 spiro atoms. The number of nitrogens with two attached hydrogens (primary N) is 1. The highest BCUT2D eigenvalue weighted by Gasteiger charge is 2.14. The topological polar surface area (TPSA) is 82.2 Å². The molecule has 6 aromatic rings. The van der Waals surface area contributed by atoms with Crippen LogP contribution in [0, 0.1) is 0 Å². The second kappa shape index (κ2) is 11.6. The van der Waals surface area contributed by atoms with E-state index in [1.54, 1.807) is 18.2 Å². The highest BCUT2D eigenvalue weighted by molar-refractivity contribution is 6.03. The summed E-state index contributed by atoms with van der Waals surface area (Å²) in [6.45, 7) is 0.510. The monoisotopic (exact) mass is 536 g/mol. The molecule has 5 aromatic carbocycles. The molecule has 3 N–H and O–H groups in total. The minimum absolute atomic E-state index is 0.255. The zero-order valence-electron chi connectivity index (χ0n) is 22.3. The lowest BCUT2D eigenvalue weighted by Crippen LogP contribution is -2.09. The van der Waals surface area contributed by atoms with Crippen LogP contribution in [-0.2, 0) is 11.4 Å². The van der Waals surface area contributed by atoms with Gasteiger partial charge in [0, 0.05) is 17.3 Å². The molecule has 0 aliphatic carbocycles. The molecule has 41 heavy (non-hydrogen) atoms. The Kier molecular flexibility index (Phi) is 7.28. The van der Waals surface area contributed by atoms with Crippen LogP contribution in [0.25, 0.3) is 34.2 Å². The number of carbonyl (C=O) groups excluding carboxylic acids is 1. The highest BCUT2D eigenvalue weighted by atomic mass is 16.5. The average Bonchev–Trinajstić information content (AvgIpc) is 3.41. The fraction of sp³-hybridized carbons (Fsp3) is 0.0286. The summed E-state index contributed by atoms with van der Waals surface area (Å²) < 4.78 is 8.14. The zero-order chi connectivity index (χ0) is 28.0. The molecule has 6 heteroatoms. The molecule has 0 saturated heterocycles. The van der Waals surface area contributed by atoms with E-state index in [9.17, 15) is 4.79 Å². The van der Waals surface area contributed by atoms with Gasteiger partial charge in [-0.3, -0.25) is 9.36 Å². The minimum atomic E-state index is -0.255. The lowest BCUT2D eigenvalue weighted by Gasteiger charge is -2.12. The van der Waals surface area contributed by atoms with Crippen LogP contribution in [-0.4, -0.2) is 15.5 Å². The van der Waals surface area contributed by atoms with Crippen LogP contribution < -0.4 is 15.8 Å². The van der Waals surface area contributed by atoms with Gasteiger partial charge in [0.25, 0.3) is 0 Å². The van der Waals surface area contributed by atoms with E-state index in [2.05, 4.69) is 16.0 Å². The Hall–Kier alpha value is -5.62. The molecular formula is C35H28N4O2. The number of imidazole rings is 1. The molecule has 0 atom stereocenters. The van der Waals surface area contributed by atoms with Gasteiger partial charge < -0.3 is 15.8 Å². The third-order valence-corrected chi connectivity index (χ3v) is 6.69. The van der Waals surface area contributed by atoms with Gasteiger partial charge in [-0.05, 0) is 71.8 Å². The number of rotatable bonds is 8. The van der Waals surface area contributed by atoms with Gasteiger partial charge in [-0.25, -0.2) is 4.98 Å². The molecule has 6 nitrogen and oxygen atoms in total. The van der Waals surface area contributed by atoms with E-state index < -0.39 is 0 Å². The number of fused-ring (bicyclic) bond motifs is 1. The van der Waals surface area contributed by atoms with Crippen molar-refractivity contribution in [1.82, 2.24) is 9.55 Å². The van der Waals surface area contributed by atoms with Crippen LogP contribution >= 0.6 is 0 Å². The van der Waals surface area contributed by atoms with Gasteiger partial charge in [0.15, 0.2) is 0 Å². The summed E-state index contributed by atoms with van der Waals surface area (Å²) in [7, 11) is 0. The molecule has 0 aliphatic heterocycles. The first-order chi connectivity index (χ1) is 20.1. The van der Waals surface area contributed by atoms with Gasteiger partial charge in [0.1, 0.15) is 18.2 Å². The molecule has 0 fully saturated rings. The molecule has 0 saturated carbocycles. The second-order valence-corrected chi connectivity index (χ2v) is 9.56. The van der Waals surface area contributed by atoms with E-state index in [4.69, 9.17) is 15.5 Å². The van der Waals surface area contributed by atoms with Gasteiger partial charge in [-0.1, -0.05) is 72.8 Å². The van der Waals surface area contributed by atoms with Crippen molar-refractivity contribution in [3.63, 3.8) is 0 Å². The predicted molar refractivity (Wildman–Crippen MR) is 166 cm³/mol. The van der Waals surface area contributed by atoms with Crippen molar-refractivity contribution in [2.24, 2.45) is 0 Å². The fourth-order valence-corrected chi connectivity index (χ4v) is 4.65. The van der Waals surface area contributed by atoms with Gasteiger partial charge >= 0.3 is 0 Å². The number of para-hydroxylation sites is 4. The summed E-state index contributed by atoms with van der Waals surface area (Å²) in [5.41, 5.74) is 12.8. The van der Waals surface area contributed by atoms with E-state index in [1.807, 2.05) is 109 Å². The Morgan fingerprint density at radius 3 is 2.41 bits per heavy atom. The van der Waals surface area contributed by atoms with Crippen LogP contribution in [0.2, 0.25) is 0 Å². The molecule has 1 aromatic heterocycles. The Bertz CT molecular complexity index is 1840. The zero-order valence-corrected chi connectivity index (χ0v) is 22.3. The van der Waals surface area contributed by atoms with E-state index in [-0.39, 0.29) is 5.91 Å². The summed E-state index contributed by atoms with van der Waals surface area (Å²) in [5, 5.41) is 2.82. The smallest absolute Gasteiger partial charge is 0.248 e. The average molecular weight is 537 g/mol. The number of nitrogen functional groups attached to an aromatic ring is 1. The summed E-state index contributed by atoms with van der Waals surface area (Å²) in [6, 6.07) is 41.4. The van der Waals surface area contributed by atoms with E-state index in [0.29, 0.717) is 18.0 Å². The SMILES string of the molecule is Nc1ccccc1NC(=O)/C=C\c1cccc(-c2nc3ccccc3n2-c2ccc(OCc3ccccc3)cc2)c1. The summed E-state index contributed by atoms with van der Waals surface area (Å²) in [6.07, 6.45) is 3.28. The molecule has 0 aliphatic rings. The van der Waals surface area contributed by atoms with Gasteiger partial charge in [-0.2, -0.15) is 0 Å². The molecule has 0 bridgehead atoms. The summed E-state index contributed by atoms with van der Waals surface area (Å²) in [4.78, 5) is 17.5. The van der Waals surface area contributed by atoms with Crippen LogP contribution in [0.4, 0.5) is 11.4 Å². The fourth-order valence-electron chi connectivity index (χ4n) is 4.65. The van der Waals surface area contributed by atoms with E-state index in [0.717, 1.165) is 45.0 Å². The molecule has 1 amide bonds. The molecular weight excluding hydrogens is 508 g/mol. The maximum absolute atomic E-state index is 12.5. The van der Waals surface area contributed by atoms with Crippen molar-refractivity contribution in [3.8, 4) is 22.8 Å². The Morgan fingerprint density at radius 1 is 0.829 bits per heavy atom. The molecule has 1 heterocycles. The summed E-state index contributed by atoms with van der Waals surface area (Å²) >= 11 is 0. The van der Waals surface area contributed by atoms with Crippen LogP contribution in [0.1, 0.15) is 11.1 Å². The number of carbonyl (C=O) groups is 1. The largest absolute Gasteiger partial charge is 0.489 e. The first-order valence-corrected chi connectivity index (χ1v) is 13.3. The summed E-state index contributed by atoms with van der Waals surface area (Å²) in [5.74, 6) is 1.35. The van der Waals surface area contributed by atoms with Crippen molar-refractivity contribution in [2.75, 3.05) is 11.1 Å². The number of hydrogen-bond acceptors (Lipinski definition) is 4. The Balaban J connectivity index is 1.27. The number of aromatic nitrogens is 2. The quantitative estimate of drug-likeness (QED) is 0.156. The third kappa shape index (κ3) is 5.87. The Labute approximate surface area is 238 Å². The number of nitrogens with zero attached hydrogens (tertiary/aromatic N) is 2. The van der Waals surface area contributed by atoms with Crippen molar-refractivity contribution < 1.29 is 9.53 Å². The number of hydrogen-bond donors (Lipinski definition) is 2. The minimum Gasteiger partial charge on any atom is -0.489 e. The number of ether oxygens (including phenoxy) is 1. The number of benzene rings is 5. The third-order valence-electron chi connectivity index (χ3n) is 6.69. The number of nitrogens with one attached hydrogen (secondary N) is 1. The standard InChI is InChI=1S/C35H28N4O2/c36-30-13-4-5-14-31(30)37-34(40)22-17-25-11-8-12-27(23-25)35-38-32-15-6-7-16-33(32)39(35)28-18-20-29(21-19-28)41-24-26-9-2-1-3-10-26/h1-23H,24,36H2,(H,37,40)/b22-17-. The van der Waals surface area contributed by atoms with E-state index in [1.165, 1.54) is 6.08 Å². The van der Waals surface area contributed by atoms with Crippen LogP contribution in [0.3, 0.4) is 0 Å². The van der Waals surface area contributed by atoms with Crippen molar-refractivity contribution in [1.29, 1.82) is 0 Å². The number of anilines is 2. The van der Waals surface area contributed by atoms with Crippen LogP contribution in [0.5, 0.6) is 5.75 Å². The predicted octanol–water partition coefficient (Wildman–Crippen LogP) is 7.51. The van der Waals surface area contributed by atoms with Crippen molar-refractivity contribution in [2.45, 2.75) is 6.61 Å². The van der Waals surface area contributed by atoms with Gasteiger partial charge in [0.05, 0.1) is 22.4 Å². The maximum Gasteiger partial charge on any atom is 0.248 e. The second-order valence-electron chi connectivity index (χ2n) is 9.56. The first kappa shape index (κ1) is 25.6. The normalized spacial score (nSPS) is 11.1.